The predicted molar refractivity (Wildman–Crippen MR) is 84.2 cm³/mol. The fraction of sp³-hybridized carbons (Fsp3) is 0.765. The van der Waals surface area contributed by atoms with Crippen molar-refractivity contribution in [2.45, 2.75) is 77.6 Å². The lowest BCUT2D eigenvalue weighted by molar-refractivity contribution is 0.353. The first kappa shape index (κ1) is 16.9. The molecule has 1 rings (SSSR count). The number of nitrogens with zero attached hydrogens (tertiary/aromatic N) is 2. The van der Waals surface area contributed by atoms with E-state index in [0.29, 0.717) is 5.88 Å². The SMILES string of the molecule is CCCCCCC(C)(CCCC)c1cnc(OC)cn1. The molecule has 0 fully saturated rings. The van der Waals surface area contributed by atoms with Crippen LogP contribution in [0, 0.1) is 0 Å². The fourth-order valence-corrected chi connectivity index (χ4v) is 2.62. The first-order valence-electron chi connectivity index (χ1n) is 8.02. The average Bonchev–Trinajstić information content (AvgIpc) is 2.50. The zero-order valence-electron chi connectivity index (χ0n) is 13.6. The molecule has 114 valence electrons. The Bertz CT molecular complexity index is 364. The lowest BCUT2D eigenvalue weighted by Crippen LogP contribution is -2.24. The number of aromatic nitrogens is 2. The smallest absolute Gasteiger partial charge is 0.231 e. The van der Waals surface area contributed by atoms with Gasteiger partial charge >= 0.3 is 0 Å². The minimum atomic E-state index is 0.156. The molecule has 3 heteroatoms. The van der Waals surface area contributed by atoms with Crippen LogP contribution in [0.4, 0.5) is 0 Å². The highest BCUT2D eigenvalue weighted by Gasteiger charge is 2.27. The molecule has 0 aromatic carbocycles. The normalized spacial score (nSPS) is 14.0. The molecule has 20 heavy (non-hydrogen) atoms. The van der Waals surface area contributed by atoms with Crippen molar-refractivity contribution in [1.29, 1.82) is 0 Å². The van der Waals surface area contributed by atoms with Gasteiger partial charge in [0.25, 0.3) is 0 Å². The second-order valence-electron chi connectivity index (χ2n) is 5.92. The van der Waals surface area contributed by atoms with Gasteiger partial charge in [-0.15, -0.1) is 0 Å². The molecule has 1 atom stereocenters. The van der Waals surface area contributed by atoms with Crippen LogP contribution in [0.15, 0.2) is 12.4 Å². The topological polar surface area (TPSA) is 35.0 Å². The van der Waals surface area contributed by atoms with Crippen molar-refractivity contribution in [3.8, 4) is 5.88 Å². The maximum absolute atomic E-state index is 5.10. The molecule has 0 bridgehead atoms. The van der Waals surface area contributed by atoms with Gasteiger partial charge in [-0.3, -0.25) is 4.98 Å². The van der Waals surface area contributed by atoms with Crippen molar-refractivity contribution in [3.05, 3.63) is 18.1 Å². The van der Waals surface area contributed by atoms with E-state index < -0.39 is 0 Å². The van der Waals surface area contributed by atoms with E-state index in [1.807, 2.05) is 6.20 Å². The summed E-state index contributed by atoms with van der Waals surface area (Å²) in [4.78, 5) is 8.92. The van der Waals surface area contributed by atoms with Crippen molar-refractivity contribution in [2.24, 2.45) is 0 Å². The van der Waals surface area contributed by atoms with Crippen molar-refractivity contribution in [2.75, 3.05) is 7.11 Å². The van der Waals surface area contributed by atoms with Gasteiger partial charge in [0.15, 0.2) is 0 Å². The summed E-state index contributed by atoms with van der Waals surface area (Å²) in [7, 11) is 1.63. The number of ether oxygens (including phenoxy) is 1. The van der Waals surface area contributed by atoms with Crippen LogP contribution in [0.2, 0.25) is 0 Å². The Balaban J connectivity index is 2.73. The number of methoxy groups -OCH3 is 1. The van der Waals surface area contributed by atoms with Gasteiger partial charge in [0.2, 0.25) is 5.88 Å². The van der Waals surface area contributed by atoms with E-state index in [0.717, 1.165) is 5.69 Å². The van der Waals surface area contributed by atoms with Crippen LogP contribution in [0.1, 0.15) is 77.8 Å². The Labute approximate surface area is 124 Å². The zero-order valence-corrected chi connectivity index (χ0v) is 13.6. The maximum atomic E-state index is 5.10. The minimum absolute atomic E-state index is 0.156. The summed E-state index contributed by atoms with van der Waals surface area (Å²) < 4.78 is 5.10. The van der Waals surface area contributed by atoms with Crippen molar-refractivity contribution < 1.29 is 4.74 Å². The first-order valence-corrected chi connectivity index (χ1v) is 8.02. The molecule has 0 N–H and O–H groups in total. The molecule has 1 aromatic rings. The van der Waals surface area contributed by atoms with Gasteiger partial charge in [-0.25, -0.2) is 4.98 Å². The Hall–Kier alpha value is -1.12. The third-order valence-corrected chi connectivity index (χ3v) is 4.12. The maximum Gasteiger partial charge on any atom is 0.231 e. The number of rotatable bonds is 10. The Kier molecular flexibility index (Phi) is 7.56. The summed E-state index contributed by atoms with van der Waals surface area (Å²) >= 11 is 0. The Morgan fingerprint density at radius 1 is 0.950 bits per heavy atom. The van der Waals surface area contributed by atoms with Crippen LogP contribution in [-0.4, -0.2) is 17.1 Å². The van der Waals surface area contributed by atoms with Crippen molar-refractivity contribution in [1.82, 2.24) is 9.97 Å². The van der Waals surface area contributed by atoms with Crippen LogP contribution < -0.4 is 4.74 Å². The molecule has 0 aliphatic rings. The van der Waals surface area contributed by atoms with E-state index in [1.54, 1.807) is 13.3 Å². The van der Waals surface area contributed by atoms with Gasteiger partial charge in [0.05, 0.1) is 25.2 Å². The second-order valence-corrected chi connectivity index (χ2v) is 5.92. The Morgan fingerprint density at radius 3 is 2.20 bits per heavy atom. The molecule has 0 aliphatic heterocycles. The van der Waals surface area contributed by atoms with Gasteiger partial charge in [-0.05, 0) is 12.8 Å². The van der Waals surface area contributed by atoms with Crippen LogP contribution in [-0.2, 0) is 5.41 Å². The molecular formula is C17H30N2O. The molecule has 0 aliphatic carbocycles. The summed E-state index contributed by atoms with van der Waals surface area (Å²) in [6.45, 7) is 6.84. The van der Waals surface area contributed by atoms with Crippen LogP contribution >= 0.6 is 0 Å². The van der Waals surface area contributed by atoms with E-state index in [9.17, 15) is 0 Å². The first-order chi connectivity index (χ1) is 9.66. The lowest BCUT2D eigenvalue weighted by Gasteiger charge is -2.29. The molecule has 0 saturated carbocycles. The molecule has 3 nitrogen and oxygen atoms in total. The standard InChI is InChI=1S/C17H30N2O/c1-5-7-9-10-12-17(3,11-8-6-2)15-13-19-16(20-4)14-18-15/h13-14H,5-12H2,1-4H3. The molecule has 0 amide bonds. The summed E-state index contributed by atoms with van der Waals surface area (Å²) in [5.74, 6) is 0.595. The van der Waals surface area contributed by atoms with E-state index in [1.165, 1.54) is 51.4 Å². The van der Waals surface area contributed by atoms with E-state index >= 15 is 0 Å². The monoisotopic (exact) mass is 278 g/mol. The molecule has 1 aromatic heterocycles. The quantitative estimate of drug-likeness (QED) is 0.571. The summed E-state index contributed by atoms with van der Waals surface area (Å²) in [5, 5.41) is 0. The van der Waals surface area contributed by atoms with Crippen molar-refractivity contribution >= 4 is 0 Å². The highest BCUT2D eigenvalue weighted by Crippen LogP contribution is 2.34. The molecule has 0 radical (unpaired) electrons. The average molecular weight is 278 g/mol. The van der Waals surface area contributed by atoms with Gasteiger partial charge in [0.1, 0.15) is 0 Å². The number of hydrogen-bond acceptors (Lipinski definition) is 3. The van der Waals surface area contributed by atoms with Crippen LogP contribution in [0.25, 0.3) is 0 Å². The zero-order chi connectivity index (χ0) is 14.8. The van der Waals surface area contributed by atoms with Gasteiger partial charge in [-0.1, -0.05) is 59.3 Å². The lowest BCUT2D eigenvalue weighted by atomic mass is 9.77. The van der Waals surface area contributed by atoms with Gasteiger partial charge in [-0.2, -0.15) is 0 Å². The largest absolute Gasteiger partial charge is 0.480 e. The Morgan fingerprint density at radius 2 is 1.65 bits per heavy atom. The summed E-state index contributed by atoms with van der Waals surface area (Å²) in [6, 6.07) is 0. The fourth-order valence-electron chi connectivity index (χ4n) is 2.62. The third kappa shape index (κ3) is 5.10. The van der Waals surface area contributed by atoms with Crippen molar-refractivity contribution in [3.63, 3.8) is 0 Å². The van der Waals surface area contributed by atoms with E-state index in [4.69, 9.17) is 4.74 Å². The molecule has 0 saturated heterocycles. The molecule has 1 heterocycles. The van der Waals surface area contributed by atoms with E-state index in [2.05, 4.69) is 30.7 Å². The highest BCUT2D eigenvalue weighted by molar-refractivity contribution is 5.15. The summed E-state index contributed by atoms with van der Waals surface area (Å²) in [6.07, 6.45) is 13.7. The minimum Gasteiger partial charge on any atom is -0.480 e. The van der Waals surface area contributed by atoms with E-state index in [-0.39, 0.29) is 5.41 Å². The molecule has 1 unspecified atom stereocenters. The van der Waals surface area contributed by atoms with Crippen LogP contribution in [0.3, 0.4) is 0 Å². The third-order valence-electron chi connectivity index (χ3n) is 4.12. The van der Waals surface area contributed by atoms with Crippen LogP contribution in [0.5, 0.6) is 5.88 Å². The number of hydrogen-bond donors (Lipinski definition) is 0. The predicted octanol–water partition coefficient (Wildman–Crippen LogP) is 4.90. The van der Waals surface area contributed by atoms with Gasteiger partial charge in [0, 0.05) is 5.41 Å². The van der Waals surface area contributed by atoms with Gasteiger partial charge < -0.3 is 4.74 Å². The number of unbranched alkanes of at least 4 members (excludes halogenated alkanes) is 4. The highest BCUT2D eigenvalue weighted by atomic mass is 16.5. The molecule has 0 spiro atoms. The molecular weight excluding hydrogens is 248 g/mol. The summed E-state index contributed by atoms with van der Waals surface area (Å²) in [5.41, 5.74) is 1.27. The second kappa shape index (κ2) is 8.93.